The number of anilines is 1. The Morgan fingerprint density at radius 2 is 1.36 bits per heavy atom. The number of nitro benzene ring substituents is 1. The van der Waals surface area contributed by atoms with Crippen molar-refractivity contribution in [3.63, 3.8) is 0 Å². The highest BCUT2D eigenvalue weighted by Gasteiger charge is 2.23. The molecule has 0 aliphatic carbocycles. The summed E-state index contributed by atoms with van der Waals surface area (Å²) in [6.45, 7) is 0.906. The molecule has 0 spiro atoms. The normalized spacial score (nSPS) is 11.2. The van der Waals surface area contributed by atoms with Crippen LogP contribution in [0.2, 0.25) is 0 Å². The van der Waals surface area contributed by atoms with Gasteiger partial charge in [0.05, 0.1) is 9.82 Å². The first-order valence-electron chi connectivity index (χ1n) is 8.66. The van der Waals surface area contributed by atoms with Gasteiger partial charge in [0.25, 0.3) is 5.69 Å². The minimum atomic E-state index is -3.54. The zero-order valence-corrected chi connectivity index (χ0v) is 16.2. The van der Waals surface area contributed by atoms with E-state index in [0.717, 1.165) is 23.4 Å². The fourth-order valence-electron chi connectivity index (χ4n) is 2.98. The summed E-state index contributed by atoms with van der Waals surface area (Å²) in [5, 5.41) is 11.7. The van der Waals surface area contributed by atoms with E-state index >= 15 is 0 Å². The number of hydrogen-bond acceptors (Lipinski definition) is 5. The van der Waals surface area contributed by atoms with Crippen molar-refractivity contribution in [2.75, 3.05) is 11.2 Å². The first-order chi connectivity index (χ1) is 13.3. The highest BCUT2D eigenvalue weighted by atomic mass is 32.2. The molecule has 0 aliphatic heterocycles. The van der Waals surface area contributed by atoms with Gasteiger partial charge in [-0.2, -0.15) is 0 Å². The molecule has 0 saturated heterocycles. The van der Waals surface area contributed by atoms with Crippen LogP contribution in [0.1, 0.15) is 11.1 Å². The van der Waals surface area contributed by atoms with Crippen LogP contribution in [-0.2, 0) is 22.9 Å². The maximum absolute atomic E-state index is 11.8. The van der Waals surface area contributed by atoms with E-state index in [-0.39, 0.29) is 10.6 Å². The maximum atomic E-state index is 11.8. The number of nitro groups is 1. The van der Waals surface area contributed by atoms with Gasteiger partial charge in [-0.3, -0.25) is 10.1 Å². The molecule has 0 radical (unpaired) electrons. The Labute approximate surface area is 164 Å². The Morgan fingerprint density at radius 1 is 0.857 bits per heavy atom. The maximum Gasteiger partial charge on any atom is 0.293 e. The van der Waals surface area contributed by atoms with Crippen molar-refractivity contribution in [1.82, 2.24) is 0 Å². The Bertz CT molecular complexity index is 1030. The Balaban J connectivity index is 2.07. The Hall–Kier alpha value is -3.19. The largest absolute Gasteiger partial charge is 0.357 e. The first kappa shape index (κ1) is 19.6. The summed E-state index contributed by atoms with van der Waals surface area (Å²) in [7, 11) is -3.54. The van der Waals surface area contributed by atoms with Gasteiger partial charge < -0.3 is 4.90 Å². The van der Waals surface area contributed by atoms with Crippen molar-refractivity contribution in [2.45, 2.75) is 18.0 Å². The van der Waals surface area contributed by atoms with Gasteiger partial charge in [0.2, 0.25) is 0 Å². The molecule has 3 rings (SSSR count). The highest BCUT2D eigenvalue weighted by Crippen LogP contribution is 2.33. The van der Waals surface area contributed by atoms with Crippen LogP contribution in [0.15, 0.2) is 83.8 Å². The second-order valence-electron chi connectivity index (χ2n) is 6.51. The number of rotatable bonds is 7. The molecule has 0 aliphatic rings. The molecule has 0 bridgehead atoms. The van der Waals surface area contributed by atoms with E-state index in [1.54, 1.807) is 0 Å². The molecular weight excluding hydrogens is 376 g/mol. The summed E-state index contributed by atoms with van der Waals surface area (Å²) < 4.78 is 23.7. The van der Waals surface area contributed by atoms with Crippen LogP contribution in [0, 0.1) is 10.1 Å². The van der Waals surface area contributed by atoms with Gasteiger partial charge >= 0.3 is 0 Å². The molecule has 0 fully saturated rings. The predicted molar refractivity (Wildman–Crippen MR) is 109 cm³/mol. The van der Waals surface area contributed by atoms with Gasteiger partial charge in [0, 0.05) is 25.4 Å². The second kappa shape index (κ2) is 8.22. The zero-order chi connectivity index (χ0) is 20.1. The average Bonchev–Trinajstić information content (AvgIpc) is 2.68. The smallest absolute Gasteiger partial charge is 0.293 e. The van der Waals surface area contributed by atoms with Crippen molar-refractivity contribution in [3.8, 4) is 0 Å². The van der Waals surface area contributed by atoms with Gasteiger partial charge in [0.1, 0.15) is 5.69 Å². The molecule has 6 nitrogen and oxygen atoms in total. The lowest BCUT2D eigenvalue weighted by Crippen LogP contribution is -2.23. The standard InChI is InChI=1S/C21H20N2O4S/c1-28(26,27)19-12-13-20(21(14-19)23(24)25)22(15-17-8-4-2-5-9-17)16-18-10-6-3-7-11-18/h2-14H,15-16H2,1H3. The first-order valence-corrected chi connectivity index (χ1v) is 10.5. The molecule has 0 unspecified atom stereocenters. The molecule has 0 aromatic heterocycles. The van der Waals surface area contributed by atoms with Crippen LogP contribution in [-0.4, -0.2) is 19.6 Å². The zero-order valence-electron chi connectivity index (χ0n) is 15.4. The van der Waals surface area contributed by atoms with E-state index in [0.29, 0.717) is 18.8 Å². The van der Waals surface area contributed by atoms with Crippen molar-refractivity contribution in [3.05, 3.63) is 100 Å². The summed E-state index contributed by atoms with van der Waals surface area (Å²) in [6, 6.07) is 23.4. The minimum Gasteiger partial charge on any atom is -0.357 e. The Morgan fingerprint density at radius 3 is 1.79 bits per heavy atom. The molecule has 3 aromatic rings. The molecule has 0 N–H and O–H groups in total. The summed E-state index contributed by atoms with van der Waals surface area (Å²) >= 11 is 0. The summed E-state index contributed by atoms with van der Waals surface area (Å²) in [4.78, 5) is 13.0. The van der Waals surface area contributed by atoms with E-state index in [4.69, 9.17) is 0 Å². The molecule has 0 atom stereocenters. The molecule has 0 heterocycles. The molecule has 144 valence electrons. The van der Waals surface area contributed by atoms with Crippen molar-refractivity contribution < 1.29 is 13.3 Å². The van der Waals surface area contributed by atoms with Crippen LogP contribution in [0.25, 0.3) is 0 Å². The average molecular weight is 396 g/mol. The lowest BCUT2D eigenvalue weighted by Gasteiger charge is -2.25. The lowest BCUT2D eigenvalue weighted by molar-refractivity contribution is -0.384. The molecule has 0 amide bonds. The van der Waals surface area contributed by atoms with Gasteiger partial charge in [-0.1, -0.05) is 60.7 Å². The van der Waals surface area contributed by atoms with Crippen molar-refractivity contribution >= 4 is 21.2 Å². The summed E-state index contributed by atoms with van der Waals surface area (Å²) in [5.74, 6) is 0. The summed E-state index contributed by atoms with van der Waals surface area (Å²) in [6.07, 6.45) is 1.04. The van der Waals surface area contributed by atoms with E-state index in [9.17, 15) is 18.5 Å². The van der Waals surface area contributed by atoms with Gasteiger partial charge in [-0.15, -0.1) is 0 Å². The van der Waals surface area contributed by atoms with Crippen LogP contribution >= 0.6 is 0 Å². The summed E-state index contributed by atoms with van der Waals surface area (Å²) in [5.41, 5.74) is 2.15. The van der Waals surface area contributed by atoms with E-state index < -0.39 is 14.8 Å². The minimum absolute atomic E-state index is 0.0673. The second-order valence-corrected chi connectivity index (χ2v) is 8.52. The van der Waals surface area contributed by atoms with E-state index in [1.807, 2.05) is 65.6 Å². The quantitative estimate of drug-likeness (QED) is 0.441. The van der Waals surface area contributed by atoms with Crippen LogP contribution in [0.4, 0.5) is 11.4 Å². The number of hydrogen-bond donors (Lipinski definition) is 0. The van der Waals surface area contributed by atoms with E-state index in [1.165, 1.54) is 12.1 Å². The van der Waals surface area contributed by atoms with Crippen LogP contribution in [0.3, 0.4) is 0 Å². The molecule has 28 heavy (non-hydrogen) atoms. The van der Waals surface area contributed by atoms with Gasteiger partial charge in [-0.25, -0.2) is 8.42 Å². The highest BCUT2D eigenvalue weighted by molar-refractivity contribution is 7.90. The third-order valence-corrected chi connectivity index (χ3v) is 5.46. The van der Waals surface area contributed by atoms with Crippen LogP contribution in [0.5, 0.6) is 0 Å². The Kier molecular flexibility index (Phi) is 5.75. The van der Waals surface area contributed by atoms with Crippen molar-refractivity contribution in [2.24, 2.45) is 0 Å². The number of benzene rings is 3. The fraction of sp³-hybridized carbons (Fsp3) is 0.143. The SMILES string of the molecule is CS(=O)(=O)c1ccc(N(Cc2ccccc2)Cc2ccccc2)c([N+](=O)[O-])c1. The predicted octanol–water partition coefficient (Wildman–Crippen LogP) is 4.21. The lowest BCUT2D eigenvalue weighted by atomic mass is 10.1. The number of nitrogens with zero attached hydrogens (tertiary/aromatic N) is 2. The van der Waals surface area contributed by atoms with Crippen LogP contribution < -0.4 is 4.90 Å². The molecular formula is C21H20N2O4S. The topological polar surface area (TPSA) is 80.5 Å². The molecule has 3 aromatic carbocycles. The van der Waals surface area contributed by atoms with Gasteiger partial charge in [0.15, 0.2) is 9.84 Å². The fourth-order valence-corrected chi connectivity index (χ4v) is 3.62. The van der Waals surface area contributed by atoms with Gasteiger partial charge in [-0.05, 0) is 23.3 Å². The van der Waals surface area contributed by atoms with E-state index in [2.05, 4.69) is 0 Å². The monoisotopic (exact) mass is 396 g/mol. The third kappa shape index (κ3) is 4.75. The molecule has 0 saturated carbocycles. The third-order valence-electron chi connectivity index (χ3n) is 4.34. The number of sulfone groups is 1. The van der Waals surface area contributed by atoms with Crippen molar-refractivity contribution in [1.29, 1.82) is 0 Å². The molecule has 7 heteroatoms.